The van der Waals surface area contributed by atoms with Gasteiger partial charge < -0.3 is 14.2 Å². The molecular formula is C21H21N3O2. The van der Waals surface area contributed by atoms with Gasteiger partial charge in [0, 0.05) is 32.1 Å². The molecule has 0 saturated heterocycles. The summed E-state index contributed by atoms with van der Waals surface area (Å²) in [6.45, 7) is 0.576. The van der Waals surface area contributed by atoms with Crippen LogP contribution in [0.3, 0.4) is 0 Å². The number of carbonyl (C=O) groups excluding carboxylic acids is 1. The number of amides is 1. The number of hydrogen-bond donors (Lipinski definition) is 0. The zero-order chi connectivity index (χ0) is 18.4. The first kappa shape index (κ1) is 17.5. The molecule has 0 aliphatic rings. The fourth-order valence-corrected chi connectivity index (χ4v) is 2.64. The van der Waals surface area contributed by atoms with Crippen molar-refractivity contribution in [3.05, 3.63) is 84.5 Å². The van der Waals surface area contributed by atoms with Gasteiger partial charge in [-0.2, -0.15) is 0 Å². The molecule has 0 saturated carbocycles. The zero-order valence-electron chi connectivity index (χ0n) is 14.9. The summed E-state index contributed by atoms with van der Waals surface area (Å²) in [5.41, 5.74) is 2.89. The van der Waals surface area contributed by atoms with E-state index in [9.17, 15) is 4.79 Å². The molecule has 0 aliphatic heterocycles. The van der Waals surface area contributed by atoms with Crippen LogP contribution in [-0.2, 0) is 11.3 Å². The van der Waals surface area contributed by atoms with Gasteiger partial charge in [0.15, 0.2) is 0 Å². The molecule has 0 radical (unpaired) electrons. The van der Waals surface area contributed by atoms with E-state index in [0.717, 1.165) is 22.6 Å². The lowest BCUT2D eigenvalue weighted by Crippen LogP contribution is -2.24. The summed E-state index contributed by atoms with van der Waals surface area (Å²) in [6, 6.07) is 15.7. The van der Waals surface area contributed by atoms with Crippen LogP contribution in [0.25, 0.3) is 11.8 Å². The number of benzene rings is 2. The van der Waals surface area contributed by atoms with Crippen molar-refractivity contribution in [1.29, 1.82) is 0 Å². The summed E-state index contributed by atoms with van der Waals surface area (Å²) in [5, 5.41) is 0. The maximum atomic E-state index is 12.3. The highest BCUT2D eigenvalue weighted by Gasteiger charge is 2.07. The zero-order valence-corrected chi connectivity index (χ0v) is 14.9. The van der Waals surface area contributed by atoms with Gasteiger partial charge in [-0.25, -0.2) is 4.98 Å². The highest BCUT2D eigenvalue weighted by molar-refractivity contribution is 5.91. The van der Waals surface area contributed by atoms with Gasteiger partial charge in [0.2, 0.25) is 5.91 Å². The van der Waals surface area contributed by atoms with Crippen LogP contribution in [0.4, 0.5) is 0 Å². The number of carbonyl (C=O) groups is 1. The summed E-state index contributed by atoms with van der Waals surface area (Å²) < 4.78 is 7.35. The third-order valence-electron chi connectivity index (χ3n) is 4.04. The van der Waals surface area contributed by atoms with Crippen LogP contribution >= 0.6 is 0 Å². The molecule has 132 valence electrons. The molecule has 1 aromatic heterocycles. The van der Waals surface area contributed by atoms with Gasteiger partial charge in [0.05, 0.1) is 19.1 Å². The molecule has 5 heteroatoms. The van der Waals surface area contributed by atoms with E-state index >= 15 is 0 Å². The van der Waals surface area contributed by atoms with Crippen LogP contribution in [0.2, 0.25) is 0 Å². The molecule has 0 N–H and O–H groups in total. The van der Waals surface area contributed by atoms with Gasteiger partial charge in [-0.15, -0.1) is 0 Å². The molecule has 1 amide bonds. The Morgan fingerprint density at radius 2 is 2.04 bits per heavy atom. The average Bonchev–Trinajstić information content (AvgIpc) is 3.21. The first-order valence-electron chi connectivity index (χ1n) is 8.31. The number of aromatic nitrogens is 2. The van der Waals surface area contributed by atoms with Crippen LogP contribution in [0, 0.1) is 0 Å². The van der Waals surface area contributed by atoms with Crippen molar-refractivity contribution in [1.82, 2.24) is 14.5 Å². The van der Waals surface area contributed by atoms with Crippen molar-refractivity contribution >= 4 is 12.0 Å². The van der Waals surface area contributed by atoms with Gasteiger partial charge in [-0.05, 0) is 29.3 Å². The van der Waals surface area contributed by atoms with Crippen LogP contribution in [0.1, 0.15) is 11.1 Å². The fourth-order valence-electron chi connectivity index (χ4n) is 2.64. The molecule has 0 fully saturated rings. The monoisotopic (exact) mass is 347 g/mol. The SMILES string of the molecule is COc1cc(/C=C/C(=O)N(C)Cc2ccccc2)ccc1-n1ccnc1. The smallest absolute Gasteiger partial charge is 0.246 e. The van der Waals surface area contributed by atoms with Crippen molar-refractivity contribution in [3.63, 3.8) is 0 Å². The van der Waals surface area contributed by atoms with E-state index in [2.05, 4.69) is 4.98 Å². The van der Waals surface area contributed by atoms with Gasteiger partial charge in [0.25, 0.3) is 0 Å². The Hall–Kier alpha value is -3.34. The van der Waals surface area contributed by atoms with E-state index in [1.807, 2.05) is 59.3 Å². The van der Waals surface area contributed by atoms with Gasteiger partial charge in [-0.1, -0.05) is 36.4 Å². The molecule has 1 heterocycles. The highest BCUT2D eigenvalue weighted by atomic mass is 16.5. The Kier molecular flexibility index (Phi) is 5.49. The standard InChI is InChI=1S/C21H21N3O2/c1-23(15-18-6-4-3-5-7-18)21(25)11-9-17-8-10-19(20(14-17)26-2)24-13-12-22-16-24/h3-14,16H,15H2,1-2H3/b11-9+. The molecule has 2 aromatic carbocycles. The van der Waals surface area contributed by atoms with Gasteiger partial charge >= 0.3 is 0 Å². The lowest BCUT2D eigenvalue weighted by atomic mass is 10.1. The predicted octanol–water partition coefficient (Wildman–Crippen LogP) is 3.55. The molecule has 0 spiro atoms. The number of likely N-dealkylation sites (N-methyl/N-ethyl adjacent to an activating group) is 1. The summed E-state index contributed by atoms with van der Waals surface area (Å²) >= 11 is 0. The molecule has 0 atom stereocenters. The number of nitrogens with zero attached hydrogens (tertiary/aromatic N) is 3. The fraction of sp³-hybridized carbons (Fsp3) is 0.143. The summed E-state index contributed by atoms with van der Waals surface area (Å²) in [4.78, 5) is 18.1. The van der Waals surface area contributed by atoms with E-state index in [1.54, 1.807) is 43.7 Å². The maximum absolute atomic E-state index is 12.3. The topological polar surface area (TPSA) is 47.4 Å². The summed E-state index contributed by atoms with van der Waals surface area (Å²) in [6.07, 6.45) is 8.66. The number of ether oxygens (including phenoxy) is 1. The first-order chi connectivity index (χ1) is 12.7. The average molecular weight is 347 g/mol. The second-order valence-electron chi connectivity index (χ2n) is 5.91. The van der Waals surface area contributed by atoms with Crippen LogP contribution in [0.5, 0.6) is 5.75 Å². The van der Waals surface area contributed by atoms with Crippen molar-refractivity contribution in [2.45, 2.75) is 6.54 Å². The predicted molar refractivity (Wildman–Crippen MR) is 102 cm³/mol. The molecule has 3 rings (SSSR count). The van der Waals surface area contributed by atoms with Crippen LogP contribution < -0.4 is 4.74 Å². The molecular weight excluding hydrogens is 326 g/mol. The van der Waals surface area contributed by atoms with Gasteiger partial charge in [0.1, 0.15) is 5.75 Å². The van der Waals surface area contributed by atoms with Gasteiger partial charge in [-0.3, -0.25) is 4.79 Å². The van der Waals surface area contributed by atoms with Crippen LogP contribution in [-0.4, -0.2) is 34.5 Å². The van der Waals surface area contributed by atoms with Crippen LogP contribution in [0.15, 0.2) is 73.3 Å². The van der Waals surface area contributed by atoms with Crippen molar-refractivity contribution in [2.24, 2.45) is 0 Å². The minimum atomic E-state index is -0.0495. The molecule has 26 heavy (non-hydrogen) atoms. The highest BCUT2D eigenvalue weighted by Crippen LogP contribution is 2.24. The Morgan fingerprint density at radius 1 is 1.23 bits per heavy atom. The Labute approximate surface area is 153 Å². The quantitative estimate of drug-likeness (QED) is 0.641. The van der Waals surface area contributed by atoms with Crippen molar-refractivity contribution in [2.75, 3.05) is 14.2 Å². The van der Waals surface area contributed by atoms with Crippen molar-refractivity contribution in [3.8, 4) is 11.4 Å². The Balaban J connectivity index is 1.70. The second-order valence-corrected chi connectivity index (χ2v) is 5.91. The van der Waals surface area contributed by atoms with E-state index < -0.39 is 0 Å². The number of methoxy groups -OCH3 is 1. The third-order valence-corrected chi connectivity index (χ3v) is 4.04. The largest absolute Gasteiger partial charge is 0.495 e. The Morgan fingerprint density at radius 3 is 2.73 bits per heavy atom. The molecule has 0 bridgehead atoms. The third kappa shape index (κ3) is 4.19. The van der Waals surface area contributed by atoms with E-state index in [4.69, 9.17) is 4.74 Å². The van der Waals surface area contributed by atoms with E-state index in [0.29, 0.717) is 6.54 Å². The summed E-state index contributed by atoms with van der Waals surface area (Å²) in [7, 11) is 3.42. The number of imidazole rings is 1. The lowest BCUT2D eigenvalue weighted by molar-refractivity contribution is -0.125. The second kappa shape index (κ2) is 8.16. The minimum absolute atomic E-state index is 0.0495. The minimum Gasteiger partial charge on any atom is -0.495 e. The normalized spacial score (nSPS) is 10.8. The number of rotatable bonds is 6. The van der Waals surface area contributed by atoms with Crippen molar-refractivity contribution < 1.29 is 9.53 Å². The van der Waals surface area contributed by atoms with E-state index in [1.165, 1.54) is 0 Å². The maximum Gasteiger partial charge on any atom is 0.246 e. The molecule has 5 nitrogen and oxygen atoms in total. The lowest BCUT2D eigenvalue weighted by Gasteiger charge is -2.15. The first-order valence-corrected chi connectivity index (χ1v) is 8.31. The molecule has 0 unspecified atom stereocenters. The summed E-state index contributed by atoms with van der Waals surface area (Å²) in [5.74, 6) is 0.668. The number of hydrogen-bond acceptors (Lipinski definition) is 3. The van der Waals surface area contributed by atoms with E-state index in [-0.39, 0.29) is 5.91 Å². The molecule has 0 aliphatic carbocycles. The Bertz CT molecular complexity index is 887. The molecule has 3 aromatic rings.